The van der Waals surface area contributed by atoms with E-state index in [-0.39, 0.29) is 12.5 Å². The van der Waals surface area contributed by atoms with Gasteiger partial charge >= 0.3 is 0 Å². The van der Waals surface area contributed by atoms with Gasteiger partial charge in [-0.25, -0.2) is 0 Å². The molecule has 124 valence electrons. The number of aliphatic hydroxyl groups excluding tert-OH is 4. The summed E-state index contributed by atoms with van der Waals surface area (Å²) in [5.41, 5.74) is 0. The van der Waals surface area contributed by atoms with Crippen LogP contribution >= 0.6 is 0 Å². The molecule has 1 heterocycles. The molecular weight excluding hydrogens is 282 g/mol. The molecule has 8 nitrogen and oxygen atoms in total. The fraction of sp³-hybridized carbons (Fsp3) is 0.923. The van der Waals surface area contributed by atoms with Crippen LogP contribution in [0.15, 0.2) is 0 Å². The van der Waals surface area contributed by atoms with E-state index in [0.29, 0.717) is 0 Å². The molecular formula is C13H25NO7. The summed E-state index contributed by atoms with van der Waals surface area (Å²) in [6, 6.07) is -0.964. The first-order valence-corrected chi connectivity index (χ1v) is 6.97. The average molecular weight is 307 g/mol. The molecule has 0 spiro atoms. The van der Waals surface area contributed by atoms with Crippen LogP contribution in [-0.4, -0.2) is 76.3 Å². The largest absolute Gasteiger partial charge is 0.396 e. The number of carbonyl (C=O) groups is 1. The van der Waals surface area contributed by atoms with Crippen molar-refractivity contribution < 1.29 is 34.7 Å². The monoisotopic (exact) mass is 307 g/mol. The zero-order valence-corrected chi connectivity index (χ0v) is 12.5. The second-order valence-electron chi connectivity index (χ2n) is 5.43. The van der Waals surface area contributed by atoms with Crippen LogP contribution in [0.5, 0.6) is 0 Å². The van der Waals surface area contributed by atoms with Gasteiger partial charge in [-0.3, -0.25) is 4.79 Å². The van der Waals surface area contributed by atoms with E-state index in [0.717, 1.165) is 0 Å². The molecule has 1 saturated heterocycles. The van der Waals surface area contributed by atoms with E-state index in [1.54, 1.807) is 13.8 Å². The van der Waals surface area contributed by atoms with Crippen molar-refractivity contribution in [3.8, 4) is 0 Å². The maximum atomic E-state index is 11.2. The number of hydrogen-bond acceptors (Lipinski definition) is 7. The molecule has 0 aromatic carbocycles. The van der Waals surface area contributed by atoms with Crippen molar-refractivity contribution in [1.29, 1.82) is 0 Å². The quantitative estimate of drug-likeness (QED) is 0.382. The third kappa shape index (κ3) is 4.60. The minimum atomic E-state index is -1.34. The molecule has 1 amide bonds. The number of hydrogen-bond donors (Lipinski definition) is 5. The highest BCUT2D eigenvalue weighted by atomic mass is 16.7. The summed E-state index contributed by atoms with van der Waals surface area (Å²) < 4.78 is 11.0. The number of ether oxygens (including phenoxy) is 2. The Morgan fingerprint density at radius 2 is 1.90 bits per heavy atom. The van der Waals surface area contributed by atoms with E-state index in [1.165, 1.54) is 6.92 Å². The van der Waals surface area contributed by atoms with Crippen molar-refractivity contribution in [2.24, 2.45) is 5.92 Å². The summed E-state index contributed by atoms with van der Waals surface area (Å²) in [7, 11) is 0. The first kappa shape index (κ1) is 18.3. The van der Waals surface area contributed by atoms with Crippen LogP contribution in [0.3, 0.4) is 0 Å². The molecule has 1 aliphatic rings. The topological polar surface area (TPSA) is 128 Å². The van der Waals surface area contributed by atoms with Crippen LogP contribution in [0, 0.1) is 5.92 Å². The van der Waals surface area contributed by atoms with Crippen molar-refractivity contribution in [3.63, 3.8) is 0 Å². The summed E-state index contributed by atoms with van der Waals surface area (Å²) in [5, 5.41) is 40.7. The van der Waals surface area contributed by atoms with E-state index in [2.05, 4.69) is 5.32 Å². The maximum absolute atomic E-state index is 11.2. The van der Waals surface area contributed by atoms with E-state index in [1.807, 2.05) is 0 Å². The lowest BCUT2D eigenvalue weighted by molar-refractivity contribution is -0.284. The summed E-state index contributed by atoms with van der Waals surface area (Å²) in [6.07, 6.45) is -5.11. The van der Waals surface area contributed by atoms with E-state index in [4.69, 9.17) is 14.6 Å². The molecule has 1 fully saturated rings. The molecule has 5 unspecified atom stereocenters. The molecule has 7 atom stereocenters. The average Bonchev–Trinajstić information content (AvgIpc) is 2.45. The SMILES string of the molecule is CC(=O)NC1C(O)[C@@H](O)C(CO)O[C@H]1OC(C)C(C)CO. The summed E-state index contributed by atoms with van der Waals surface area (Å²) in [6.45, 7) is 4.19. The minimum Gasteiger partial charge on any atom is -0.396 e. The molecule has 1 aliphatic heterocycles. The first-order valence-electron chi connectivity index (χ1n) is 6.97. The Balaban J connectivity index is 2.85. The second-order valence-corrected chi connectivity index (χ2v) is 5.43. The van der Waals surface area contributed by atoms with Gasteiger partial charge in [-0.1, -0.05) is 6.92 Å². The van der Waals surface area contributed by atoms with Gasteiger partial charge in [0.25, 0.3) is 0 Å². The standard InChI is InChI=1S/C13H25NO7/c1-6(4-15)7(2)20-13-10(14-8(3)17)12(19)11(18)9(5-16)21-13/h6-7,9-13,15-16,18-19H,4-5H2,1-3H3,(H,14,17)/t6?,7?,9?,10?,11-,12?,13+/m0/s1. The lowest BCUT2D eigenvalue weighted by Gasteiger charge is -2.43. The normalized spacial score (nSPS) is 36.0. The molecule has 0 aliphatic carbocycles. The number of nitrogens with one attached hydrogen (secondary N) is 1. The van der Waals surface area contributed by atoms with Crippen LogP contribution in [-0.2, 0) is 14.3 Å². The van der Waals surface area contributed by atoms with Gasteiger partial charge in [0.2, 0.25) is 5.91 Å². The Hall–Kier alpha value is -0.770. The van der Waals surface area contributed by atoms with Crippen molar-refractivity contribution in [2.45, 2.75) is 57.5 Å². The molecule has 0 bridgehead atoms. The Kier molecular flexibility index (Phi) is 6.98. The minimum absolute atomic E-state index is 0.0900. The van der Waals surface area contributed by atoms with Crippen LogP contribution in [0.4, 0.5) is 0 Å². The predicted octanol–water partition coefficient (Wildman–Crippen LogP) is -2.04. The van der Waals surface area contributed by atoms with Crippen molar-refractivity contribution >= 4 is 5.91 Å². The van der Waals surface area contributed by atoms with E-state index < -0.39 is 49.3 Å². The zero-order chi connectivity index (χ0) is 16.2. The third-order valence-electron chi connectivity index (χ3n) is 3.69. The molecule has 21 heavy (non-hydrogen) atoms. The molecule has 0 radical (unpaired) electrons. The van der Waals surface area contributed by atoms with Gasteiger partial charge in [0.15, 0.2) is 6.29 Å². The number of aliphatic hydroxyl groups is 4. The highest BCUT2D eigenvalue weighted by Crippen LogP contribution is 2.24. The van der Waals surface area contributed by atoms with Crippen LogP contribution in [0.25, 0.3) is 0 Å². The van der Waals surface area contributed by atoms with Crippen molar-refractivity contribution in [2.75, 3.05) is 13.2 Å². The van der Waals surface area contributed by atoms with Gasteiger partial charge in [0.1, 0.15) is 24.4 Å². The fourth-order valence-corrected chi connectivity index (χ4v) is 2.08. The number of carbonyl (C=O) groups excluding carboxylic acids is 1. The molecule has 0 aromatic rings. The van der Waals surface area contributed by atoms with Crippen molar-refractivity contribution in [1.82, 2.24) is 5.32 Å². The van der Waals surface area contributed by atoms with Gasteiger partial charge in [0, 0.05) is 19.4 Å². The second kappa shape index (κ2) is 8.02. The molecule has 0 saturated carbocycles. The van der Waals surface area contributed by atoms with Gasteiger partial charge in [-0.05, 0) is 6.92 Å². The molecule has 8 heteroatoms. The zero-order valence-electron chi connectivity index (χ0n) is 12.5. The maximum Gasteiger partial charge on any atom is 0.217 e. The highest BCUT2D eigenvalue weighted by molar-refractivity contribution is 5.73. The Labute approximate surface area is 123 Å². The molecule has 5 N–H and O–H groups in total. The smallest absolute Gasteiger partial charge is 0.217 e. The molecule has 0 aromatic heterocycles. The number of rotatable bonds is 6. The summed E-state index contributed by atoms with van der Waals surface area (Å²) in [4.78, 5) is 11.2. The number of amides is 1. The van der Waals surface area contributed by atoms with Crippen LogP contribution in [0.1, 0.15) is 20.8 Å². The van der Waals surface area contributed by atoms with Crippen LogP contribution in [0.2, 0.25) is 0 Å². The lowest BCUT2D eigenvalue weighted by atomic mass is 9.96. The third-order valence-corrected chi connectivity index (χ3v) is 3.69. The first-order chi connectivity index (χ1) is 9.81. The Morgan fingerprint density at radius 3 is 2.38 bits per heavy atom. The van der Waals surface area contributed by atoms with Gasteiger partial charge in [-0.15, -0.1) is 0 Å². The van der Waals surface area contributed by atoms with Crippen LogP contribution < -0.4 is 5.32 Å². The lowest BCUT2D eigenvalue weighted by Crippen LogP contribution is -2.65. The van der Waals surface area contributed by atoms with Gasteiger partial charge in [0.05, 0.1) is 12.7 Å². The summed E-state index contributed by atoms with van der Waals surface area (Å²) in [5.74, 6) is -0.586. The van der Waals surface area contributed by atoms with E-state index >= 15 is 0 Å². The Bertz CT molecular complexity index is 340. The fourth-order valence-electron chi connectivity index (χ4n) is 2.08. The Morgan fingerprint density at radius 1 is 1.29 bits per heavy atom. The predicted molar refractivity (Wildman–Crippen MR) is 72.2 cm³/mol. The van der Waals surface area contributed by atoms with Gasteiger partial charge in [-0.2, -0.15) is 0 Å². The summed E-state index contributed by atoms with van der Waals surface area (Å²) >= 11 is 0. The van der Waals surface area contributed by atoms with Gasteiger partial charge < -0.3 is 35.2 Å². The van der Waals surface area contributed by atoms with Crippen molar-refractivity contribution in [3.05, 3.63) is 0 Å². The highest BCUT2D eigenvalue weighted by Gasteiger charge is 2.46. The van der Waals surface area contributed by atoms with E-state index in [9.17, 15) is 20.1 Å². The molecule has 1 rings (SSSR count).